The number of thioether (sulfide) groups is 1. The van der Waals surface area contributed by atoms with Crippen molar-refractivity contribution in [3.05, 3.63) is 59.3 Å². The number of nitrogens with zero attached hydrogens (tertiary/aromatic N) is 4. The van der Waals surface area contributed by atoms with E-state index in [9.17, 15) is 0 Å². The summed E-state index contributed by atoms with van der Waals surface area (Å²) in [5.74, 6) is 3.39. The zero-order valence-electron chi connectivity index (χ0n) is 16.7. The Balaban J connectivity index is 0.00000256. The maximum absolute atomic E-state index is 5.94. The molecule has 1 aliphatic heterocycles. The molecule has 9 heteroatoms. The lowest BCUT2D eigenvalue weighted by atomic mass is 10.1. The fraction of sp³-hybridized carbons (Fsp3) is 0.429. The Kier molecular flexibility index (Phi) is 8.93. The van der Waals surface area contributed by atoms with Crippen LogP contribution >= 0.6 is 23.4 Å². The molecule has 2 aromatic heterocycles. The second-order valence-corrected chi connectivity index (χ2v) is 8.56. The number of ether oxygens (including phenoxy) is 1. The number of likely N-dealkylation sites (tertiary alicyclic amines) is 1. The first kappa shape index (κ1) is 23.0. The highest BCUT2D eigenvalue weighted by Gasteiger charge is 2.16. The van der Waals surface area contributed by atoms with Gasteiger partial charge in [-0.3, -0.25) is 4.57 Å². The summed E-state index contributed by atoms with van der Waals surface area (Å²) >= 11 is 7.68. The number of hydrogen-bond acceptors (Lipinski definition) is 6. The summed E-state index contributed by atoms with van der Waals surface area (Å²) in [6.07, 6.45) is 5.67. The molecule has 0 unspecified atom stereocenters. The minimum absolute atomic E-state index is 0. The molecule has 0 bridgehead atoms. The third kappa shape index (κ3) is 6.41. The van der Waals surface area contributed by atoms with Gasteiger partial charge in [-0.25, -0.2) is 0 Å². The molecule has 162 valence electrons. The van der Waals surface area contributed by atoms with E-state index in [0.29, 0.717) is 18.2 Å². The molecule has 3 aromatic rings. The second kappa shape index (κ2) is 11.6. The van der Waals surface area contributed by atoms with Gasteiger partial charge >= 0.3 is 0 Å². The lowest BCUT2D eigenvalue weighted by molar-refractivity contribution is -0.00000676. The molecule has 0 radical (unpaired) electrons. The number of piperidine rings is 1. The van der Waals surface area contributed by atoms with Crippen molar-refractivity contribution < 1.29 is 21.6 Å². The number of furan rings is 1. The fourth-order valence-corrected chi connectivity index (χ4v) is 4.46. The molecule has 0 atom stereocenters. The second-order valence-electron chi connectivity index (χ2n) is 7.06. The summed E-state index contributed by atoms with van der Waals surface area (Å²) in [7, 11) is 0. The van der Waals surface area contributed by atoms with Crippen LogP contribution in [0.3, 0.4) is 0 Å². The Bertz CT molecular complexity index is 881. The molecule has 6 nitrogen and oxygen atoms in total. The highest BCUT2D eigenvalue weighted by atomic mass is 35.5. The molecular formula is C21H25Cl2N4O2S-. The smallest absolute Gasteiger partial charge is 0.191 e. The lowest BCUT2D eigenvalue weighted by Gasteiger charge is -2.25. The normalized spacial score (nSPS) is 14.4. The van der Waals surface area contributed by atoms with E-state index in [1.807, 2.05) is 36.4 Å². The van der Waals surface area contributed by atoms with Gasteiger partial charge in [0.15, 0.2) is 11.0 Å². The van der Waals surface area contributed by atoms with E-state index >= 15 is 0 Å². The minimum Gasteiger partial charge on any atom is -1.00 e. The minimum atomic E-state index is 0. The SMILES string of the molecule is Clc1ccc(OCc2nnc(SCCN3CCCCC3)n2Cc2ccco2)cc1.[Cl-]. The van der Waals surface area contributed by atoms with Crippen LogP contribution < -0.4 is 17.1 Å². The Labute approximate surface area is 192 Å². The van der Waals surface area contributed by atoms with Crippen molar-refractivity contribution in [1.82, 2.24) is 19.7 Å². The van der Waals surface area contributed by atoms with Gasteiger partial charge < -0.3 is 26.5 Å². The van der Waals surface area contributed by atoms with Crippen molar-refractivity contribution in [2.45, 2.75) is 37.6 Å². The molecule has 3 heterocycles. The molecule has 30 heavy (non-hydrogen) atoms. The maximum Gasteiger partial charge on any atom is 0.191 e. The van der Waals surface area contributed by atoms with Crippen LogP contribution in [0.4, 0.5) is 0 Å². The van der Waals surface area contributed by atoms with Gasteiger partial charge in [0, 0.05) is 17.3 Å². The van der Waals surface area contributed by atoms with Crippen molar-refractivity contribution in [3.8, 4) is 5.75 Å². The maximum atomic E-state index is 5.94. The van der Waals surface area contributed by atoms with Crippen LogP contribution in [0.25, 0.3) is 0 Å². The Morgan fingerprint density at radius 1 is 1.07 bits per heavy atom. The third-order valence-electron chi connectivity index (χ3n) is 4.96. The van der Waals surface area contributed by atoms with Crippen LogP contribution in [0.2, 0.25) is 5.02 Å². The van der Waals surface area contributed by atoms with E-state index in [2.05, 4.69) is 19.7 Å². The molecule has 0 amide bonds. The molecule has 0 saturated carbocycles. The number of benzene rings is 1. The summed E-state index contributed by atoms with van der Waals surface area (Å²) < 4.78 is 13.5. The Morgan fingerprint density at radius 3 is 2.60 bits per heavy atom. The summed E-state index contributed by atoms with van der Waals surface area (Å²) in [6, 6.07) is 11.2. The molecule has 1 aromatic carbocycles. The Hall–Kier alpha value is -1.67. The van der Waals surface area contributed by atoms with Crippen LogP contribution in [0.15, 0.2) is 52.2 Å². The van der Waals surface area contributed by atoms with E-state index in [1.54, 1.807) is 18.0 Å². The topological polar surface area (TPSA) is 56.3 Å². The summed E-state index contributed by atoms with van der Waals surface area (Å²) in [5, 5.41) is 10.4. The van der Waals surface area contributed by atoms with Gasteiger partial charge in [0.25, 0.3) is 0 Å². The van der Waals surface area contributed by atoms with Gasteiger partial charge in [0.1, 0.15) is 18.1 Å². The summed E-state index contributed by atoms with van der Waals surface area (Å²) in [6.45, 7) is 4.42. The van der Waals surface area contributed by atoms with E-state index in [0.717, 1.165) is 34.8 Å². The molecule has 4 rings (SSSR count). The quantitative estimate of drug-likeness (QED) is 0.446. The molecular weight excluding hydrogens is 443 g/mol. The largest absolute Gasteiger partial charge is 1.00 e. The number of aromatic nitrogens is 3. The van der Waals surface area contributed by atoms with Crippen LogP contribution in [-0.4, -0.2) is 45.1 Å². The molecule has 1 fully saturated rings. The van der Waals surface area contributed by atoms with Gasteiger partial charge in [-0.2, -0.15) is 0 Å². The molecule has 0 aliphatic carbocycles. The van der Waals surface area contributed by atoms with Crippen molar-refractivity contribution in [1.29, 1.82) is 0 Å². The molecule has 0 spiro atoms. The lowest BCUT2D eigenvalue weighted by Crippen LogP contribution is -3.00. The summed E-state index contributed by atoms with van der Waals surface area (Å²) in [4.78, 5) is 2.54. The highest BCUT2D eigenvalue weighted by Crippen LogP contribution is 2.22. The predicted octanol–water partition coefficient (Wildman–Crippen LogP) is 1.73. The van der Waals surface area contributed by atoms with Crippen molar-refractivity contribution in [2.75, 3.05) is 25.4 Å². The van der Waals surface area contributed by atoms with Gasteiger partial charge in [0.2, 0.25) is 0 Å². The van der Waals surface area contributed by atoms with Crippen LogP contribution in [-0.2, 0) is 13.2 Å². The highest BCUT2D eigenvalue weighted by molar-refractivity contribution is 7.99. The average Bonchev–Trinajstić information content (AvgIpc) is 3.39. The van der Waals surface area contributed by atoms with Gasteiger partial charge in [-0.1, -0.05) is 29.8 Å². The van der Waals surface area contributed by atoms with E-state index in [-0.39, 0.29) is 12.4 Å². The van der Waals surface area contributed by atoms with Crippen molar-refractivity contribution in [2.24, 2.45) is 0 Å². The molecule has 1 aliphatic rings. The van der Waals surface area contributed by atoms with Crippen LogP contribution in [0.5, 0.6) is 5.75 Å². The van der Waals surface area contributed by atoms with Crippen LogP contribution in [0.1, 0.15) is 30.8 Å². The third-order valence-corrected chi connectivity index (χ3v) is 6.16. The number of hydrogen-bond donors (Lipinski definition) is 0. The van der Waals surface area contributed by atoms with Gasteiger partial charge in [0.05, 0.1) is 12.8 Å². The number of rotatable bonds is 9. The first-order valence-corrected chi connectivity index (χ1v) is 11.3. The fourth-order valence-electron chi connectivity index (χ4n) is 3.38. The molecule has 1 saturated heterocycles. The summed E-state index contributed by atoms with van der Waals surface area (Å²) in [5.41, 5.74) is 0. The first-order chi connectivity index (χ1) is 14.3. The molecule has 0 N–H and O–H groups in total. The zero-order chi connectivity index (χ0) is 19.9. The van der Waals surface area contributed by atoms with Gasteiger partial charge in [-0.05, 0) is 62.3 Å². The predicted molar refractivity (Wildman–Crippen MR) is 115 cm³/mol. The Morgan fingerprint density at radius 2 is 1.87 bits per heavy atom. The first-order valence-electron chi connectivity index (χ1n) is 9.96. The van der Waals surface area contributed by atoms with E-state index in [4.69, 9.17) is 20.8 Å². The van der Waals surface area contributed by atoms with Gasteiger partial charge in [-0.15, -0.1) is 10.2 Å². The average molecular weight is 468 g/mol. The van der Waals surface area contributed by atoms with Crippen LogP contribution in [0, 0.1) is 0 Å². The van der Waals surface area contributed by atoms with E-state index < -0.39 is 0 Å². The zero-order valence-corrected chi connectivity index (χ0v) is 19.0. The van der Waals surface area contributed by atoms with Crippen molar-refractivity contribution >= 4 is 23.4 Å². The van der Waals surface area contributed by atoms with Crippen molar-refractivity contribution in [3.63, 3.8) is 0 Å². The van der Waals surface area contributed by atoms with E-state index in [1.165, 1.54) is 32.4 Å². The monoisotopic (exact) mass is 467 g/mol. The number of halogens is 2. The standard InChI is InChI=1S/C21H25ClN4O2S.ClH/c22-17-6-8-18(9-7-17)28-16-20-23-24-21(26(20)15-19-5-4-13-27-19)29-14-12-25-10-2-1-3-11-25;/h4-9,13H,1-3,10-12,14-16H2;1H/p-1.